The molecule has 0 amide bonds. The number of carbonyl (C=O) groups is 1. The Labute approximate surface area is 154 Å². The van der Waals surface area contributed by atoms with E-state index in [2.05, 4.69) is 18.2 Å². The van der Waals surface area contributed by atoms with E-state index in [-0.39, 0.29) is 5.97 Å². The molecule has 0 saturated carbocycles. The highest BCUT2D eigenvalue weighted by atomic mass is 16.5. The standard InChI is InChI=1S/C23H22O3/c1-16-13-18(9-11-22(16)25-3)14-19-10-12-23(26-17(2)24)21(15-19)20-7-5-4-6-8-20/h4-13,15H,14H2,1-3H3. The number of hydrogen-bond donors (Lipinski definition) is 0. The van der Waals surface area contributed by atoms with E-state index in [9.17, 15) is 4.79 Å². The Bertz CT molecular complexity index is 914. The number of carbonyl (C=O) groups excluding carboxylic acids is 1. The highest BCUT2D eigenvalue weighted by Crippen LogP contribution is 2.32. The second-order valence-corrected chi connectivity index (χ2v) is 6.27. The monoisotopic (exact) mass is 346 g/mol. The highest BCUT2D eigenvalue weighted by Gasteiger charge is 2.10. The van der Waals surface area contributed by atoms with E-state index in [1.165, 1.54) is 12.5 Å². The van der Waals surface area contributed by atoms with Crippen molar-refractivity contribution in [2.24, 2.45) is 0 Å². The van der Waals surface area contributed by atoms with Gasteiger partial charge < -0.3 is 9.47 Å². The number of methoxy groups -OCH3 is 1. The molecule has 0 saturated heterocycles. The van der Waals surface area contributed by atoms with Gasteiger partial charge in [0.2, 0.25) is 0 Å². The molecule has 0 spiro atoms. The third kappa shape index (κ3) is 4.12. The second kappa shape index (κ2) is 7.87. The summed E-state index contributed by atoms with van der Waals surface area (Å²) in [6.07, 6.45) is 0.797. The van der Waals surface area contributed by atoms with Crippen LogP contribution in [0.5, 0.6) is 11.5 Å². The minimum atomic E-state index is -0.319. The molecule has 3 aromatic carbocycles. The van der Waals surface area contributed by atoms with Crippen LogP contribution in [-0.2, 0) is 11.2 Å². The van der Waals surface area contributed by atoms with Crippen molar-refractivity contribution in [2.75, 3.05) is 7.11 Å². The third-order valence-electron chi connectivity index (χ3n) is 4.25. The van der Waals surface area contributed by atoms with Crippen molar-refractivity contribution in [3.63, 3.8) is 0 Å². The van der Waals surface area contributed by atoms with Crippen molar-refractivity contribution in [3.05, 3.63) is 83.4 Å². The lowest BCUT2D eigenvalue weighted by Gasteiger charge is -2.12. The molecular weight excluding hydrogens is 324 g/mol. The molecule has 0 N–H and O–H groups in total. The molecule has 0 heterocycles. The van der Waals surface area contributed by atoms with Crippen LogP contribution in [0, 0.1) is 6.92 Å². The molecule has 26 heavy (non-hydrogen) atoms. The topological polar surface area (TPSA) is 35.5 Å². The van der Waals surface area contributed by atoms with Gasteiger partial charge in [0.15, 0.2) is 0 Å². The van der Waals surface area contributed by atoms with Crippen LogP contribution in [0.3, 0.4) is 0 Å². The van der Waals surface area contributed by atoms with Gasteiger partial charge in [0, 0.05) is 12.5 Å². The zero-order valence-corrected chi connectivity index (χ0v) is 15.3. The van der Waals surface area contributed by atoms with Gasteiger partial charge in [-0.2, -0.15) is 0 Å². The number of esters is 1. The summed E-state index contributed by atoms with van der Waals surface area (Å²) in [5.41, 5.74) is 5.43. The molecule has 3 nitrogen and oxygen atoms in total. The van der Waals surface area contributed by atoms with E-state index in [1.54, 1.807) is 7.11 Å². The molecule has 0 aliphatic carbocycles. The first-order chi connectivity index (χ1) is 12.6. The zero-order valence-electron chi connectivity index (χ0n) is 15.3. The summed E-state index contributed by atoms with van der Waals surface area (Å²) in [4.78, 5) is 11.4. The largest absolute Gasteiger partial charge is 0.496 e. The van der Waals surface area contributed by atoms with Crippen LogP contribution in [0.25, 0.3) is 11.1 Å². The Morgan fingerprint density at radius 1 is 0.885 bits per heavy atom. The highest BCUT2D eigenvalue weighted by molar-refractivity contribution is 5.77. The lowest BCUT2D eigenvalue weighted by Crippen LogP contribution is -2.03. The van der Waals surface area contributed by atoms with Gasteiger partial charge >= 0.3 is 5.97 Å². The maximum absolute atomic E-state index is 11.4. The third-order valence-corrected chi connectivity index (χ3v) is 4.25. The van der Waals surface area contributed by atoms with Crippen LogP contribution >= 0.6 is 0 Å². The van der Waals surface area contributed by atoms with Gasteiger partial charge in [0.25, 0.3) is 0 Å². The smallest absolute Gasteiger partial charge is 0.308 e. The molecule has 0 atom stereocenters. The number of rotatable bonds is 5. The Morgan fingerprint density at radius 3 is 2.15 bits per heavy atom. The summed E-state index contributed by atoms with van der Waals surface area (Å²) in [5.74, 6) is 1.16. The summed E-state index contributed by atoms with van der Waals surface area (Å²) in [7, 11) is 1.68. The van der Waals surface area contributed by atoms with Crippen LogP contribution in [0.15, 0.2) is 66.7 Å². The fourth-order valence-electron chi connectivity index (χ4n) is 3.06. The van der Waals surface area contributed by atoms with Crippen LogP contribution < -0.4 is 9.47 Å². The Hall–Kier alpha value is -3.07. The molecule has 0 unspecified atom stereocenters. The van der Waals surface area contributed by atoms with E-state index in [0.29, 0.717) is 5.75 Å². The Morgan fingerprint density at radius 2 is 1.54 bits per heavy atom. The molecule has 0 aromatic heterocycles. The predicted octanol–water partition coefficient (Wildman–Crippen LogP) is 5.19. The van der Waals surface area contributed by atoms with Crippen LogP contribution in [-0.4, -0.2) is 13.1 Å². The zero-order chi connectivity index (χ0) is 18.5. The second-order valence-electron chi connectivity index (χ2n) is 6.27. The number of aryl methyl sites for hydroxylation is 1. The maximum Gasteiger partial charge on any atom is 0.308 e. The minimum absolute atomic E-state index is 0.319. The van der Waals surface area contributed by atoms with Gasteiger partial charge in [0.1, 0.15) is 11.5 Å². The lowest BCUT2D eigenvalue weighted by atomic mass is 9.97. The van der Waals surface area contributed by atoms with E-state index in [1.807, 2.05) is 55.5 Å². The molecule has 0 radical (unpaired) electrons. The maximum atomic E-state index is 11.4. The number of hydrogen-bond acceptors (Lipinski definition) is 3. The van der Waals surface area contributed by atoms with E-state index >= 15 is 0 Å². The average molecular weight is 346 g/mol. The van der Waals surface area contributed by atoms with Gasteiger partial charge in [-0.1, -0.05) is 48.5 Å². The van der Waals surface area contributed by atoms with Gasteiger partial charge in [-0.15, -0.1) is 0 Å². The molecule has 0 aliphatic rings. The van der Waals surface area contributed by atoms with Crippen molar-refractivity contribution in [1.82, 2.24) is 0 Å². The van der Waals surface area contributed by atoms with Gasteiger partial charge in [-0.25, -0.2) is 0 Å². The Balaban J connectivity index is 1.96. The van der Waals surface area contributed by atoms with Gasteiger partial charge in [-0.05, 0) is 53.8 Å². The predicted molar refractivity (Wildman–Crippen MR) is 104 cm³/mol. The molecule has 0 bridgehead atoms. The first-order valence-corrected chi connectivity index (χ1v) is 8.57. The SMILES string of the molecule is COc1ccc(Cc2ccc(OC(C)=O)c(-c3ccccc3)c2)cc1C. The fraction of sp³-hybridized carbons (Fsp3) is 0.174. The molecule has 0 fully saturated rings. The van der Waals surface area contributed by atoms with Crippen molar-refractivity contribution in [2.45, 2.75) is 20.3 Å². The Kier molecular flexibility index (Phi) is 5.37. The molecular formula is C23H22O3. The van der Waals surface area contributed by atoms with Crippen molar-refractivity contribution >= 4 is 5.97 Å². The van der Waals surface area contributed by atoms with Crippen molar-refractivity contribution in [3.8, 4) is 22.6 Å². The average Bonchev–Trinajstić information content (AvgIpc) is 2.63. The van der Waals surface area contributed by atoms with Crippen molar-refractivity contribution in [1.29, 1.82) is 0 Å². The van der Waals surface area contributed by atoms with E-state index < -0.39 is 0 Å². The summed E-state index contributed by atoms with van der Waals surface area (Å²) in [5, 5.41) is 0. The van der Waals surface area contributed by atoms with Gasteiger partial charge in [-0.3, -0.25) is 4.79 Å². The molecule has 3 heteroatoms. The summed E-state index contributed by atoms with van der Waals surface area (Å²) in [6, 6.07) is 22.1. The molecule has 132 valence electrons. The first kappa shape index (κ1) is 17.7. The quantitative estimate of drug-likeness (QED) is 0.471. The summed E-state index contributed by atoms with van der Waals surface area (Å²) in [6.45, 7) is 3.46. The molecule has 0 aliphatic heterocycles. The molecule has 3 aromatic rings. The van der Waals surface area contributed by atoms with Gasteiger partial charge in [0.05, 0.1) is 7.11 Å². The van der Waals surface area contributed by atoms with E-state index in [0.717, 1.165) is 34.4 Å². The minimum Gasteiger partial charge on any atom is -0.496 e. The number of benzene rings is 3. The van der Waals surface area contributed by atoms with Crippen LogP contribution in [0.1, 0.15) is 23.6 Å². The lowest BCUT2D eigenvalue weighted by molar-refractivity contribution is -0.131. The summed E-state index contributed by atoms with van der Waals surface area (Å²) < 4.78 is 10.7. The number of ether oxygens (including phenoxy) is 2. The van der Waals surface area contributed by atoms with Crippen LogP contribution in [0.4, 0.5) is 0 Å². The summed E-state index contributed by atoms with van der Waals surface area (Å²) >= 11 is 0. The molecule has 3 rings (SSSR count). The van der Waals surface area contributed by atoms with E-state index in [4.69, 9.17) is 9.47 Å². The normalized spacial score (nSPS) is 10.4. The fourth-order valence-corrected chi connectivity index (χ4v) is 3.06. The van der Waals surface area contributed by atoms with Crippen molar-refractivity contribution < 1.29 is 14.3 Å². The van der Waals surface area contributed by atoms with Crippen LogP contribution in [0.2, 0.25) is 0 Å². The first-order valence-electron chi connectivity index (χ1n) is 8.57.